The predicted molar refractivity (Wildman–Crippen MR) is 146 cm³/mol. The minimum Gasteiger partial charge on any atom is -0.508 e. The molecule has 1 aromatic heterocycles. The van der Waals surface area contributed by atoms with E-state index >= 15 is 0 Å². The molecule has 0 spiro atoms. The van der Waals surface area contributed by atoms with Gasteiger partial charge in [0.1, 0.15) is 17.2 Å². The molecule has 5 rings (SSSR count). The highest BCUT2D eigenvalue weighted by Crippen LogP contribution is 2.21. The molecule has 10 heteroatoms. The standard InChI is InChI=1S/C29H27N5O5/c1-39-24-14-10-22(11-15-24)34-26(18-25(32-34)27(36)30-21-8-12-23(35)13-9-21)28(37)31-20-6-4-19(5-7-20)29(38)33-16-2-3-17-33/h4-15,18,35H,2-3,16-17H2,1H3,(H,30,36)(H,31,37). The Labute approximate surface area is 224 Å². The maximum atomic E-state index is 13.4. The number of nitrogens with zero attached hydrogens (tertiary/aromatic N) is 3. The molecule has 3 aromatic carbocycles. The number of amides is 3. The summed E-state index contributed by atoms with van der Waals surface area (Å²) in [5, 5.41) is 19.4. The molecular formula is C29H27N5O5. The highest BCUT2D eigenvalue weighted by molar-refractivity contribution is 6.08. The van der Waals surface area contributed by atoms with Crippen LogP contribution in [0, 0.1) is 0 Å². The summed E-state index contributed by atoms with van der Waals surface area (Å²) in [4.78, 5) is 40.8. The van der Waals surface area contributed by atoms with Crippen molar-refractivity contribution in [1.82, 2.24) is 14.7 Å². The molecule has 0 saturated carbocycles. The number of hydrogen-bond donors (Lipinski definition) is 3. The molecule has 39 heavy (non-hydrogen) atoms. The number of benzene rings is 3. The second kappa shape index (κ2) is 11.1. The summed E-state index contributed by atoms with van der Waals surface area (Å²) in [6.07, 6.45) is 2.02. The van der Waals surface area contributed by atoms with Crippen molar-refractivity contribution in [3.8, 4) is 17.2 Å². The molecule has 0 radical (unpaired) electrons. The van der Waals surface area contributed by atoms with Gasteiger partial charge in [-0.2, -0.15) is 5.10 Å². The summed E-state index contributed by atoms with van der Waals surface area (Å²) >= 11 is 0. The van der Waals surface area contributed by atoms with E-state index in [1.807, 2.05) is 4.90 Å². The number of aromatic nitrogens is 2. The lowest BCUT2D eigenvalue weighted by atomic mass is 10.2. The van der Waals surface area contributed by atoms with Crippen LogP contribution in [-0.2, 0) is 0 Å². The number of phenolic OH excluding ortho intramolecular Hbond substituents is 1. The van der Waals surface area contributed by atoms with Crippen molar-refractivity contribution in [2.24, 2.45) is 0 Å². The van der Waals surface area contributed by atoms with Gasteiger partial charge in [-0.25, -0.2) is 4.68 Å². The first-order chi connectivity index (χ1) is 18.9. The third kappa shape index (κ3) is 5.74. The predicted octanol–water partition coefficient (Wildman–Crippen LogP) is 4.33. The van der Waals surface area contributed by atoms with Gasteiger partial charge in [-0.05, 0) is 85.6 Å². The van der Waals surface area contributed by atoms with Crippen molar-refractivity contribution in [3.05, 3.63) is 95.8 Å². The molecule has 1 fully saturated rings. The maximum absolute atomic E-state index is 13.4. The number of methoxy groups -OCH3 is 1. The van der Waals surface area contributed by atoms with E-state index < -0.39 is 11.8 Å². The fourth-order valence-electron chi connectivity index (χ4n) is 4.31. The smallest absolute Gasteiger partial charge is 0.276 e. The van der Waals surface area contributed by atoms with E-state index in [9.17, 15) is 19.5 Å². The first-order valence-electron chi connectivity index (χ1n) is 12.5. The van der Waals surface area contributed by atoms with Gasteiger partial charge in [0, 0.05) is 36.1 Å². The van der Waals surface area contributed by atoms with Crippen molar-refractivity contribution in [3.63, 3.8) is 0 Å². The van der Waals surface area contributed by atoms with Crippen LogP contribution in [0.1, 0.15) is 44.2 Å². The summed E-state index contributed by atoms with van der Waals surface area (Å²) < 4.78 is 6.60. The van der Waals surface area contributed by atoms with Crippen LogP contribution in [0.4, 0.5) is 11.4 Å². The SMILES string of the molecule is COc1ccc(-n2nc(C(=O)Nc3ccc(O)cc3)cc2C(=O)Nc2ccc(C(=O)N3CCCC3)cc2)cc1. The molecule has 0 unspecified atom stereocenters. The van der Waals surface area contributed by atoms with Gasteiger partial charge in [-0.1, -0.05) is 0 Å². The minimum atomic E-state index is -0.522. The number of carbonyl (C=O) groups is 3. The van der Waals surface area contributed by atoms with Crippen LogP contribution in [0.15, 0.2) is 78.9 Å². The van der Waals surface area contributed by atoms with Crippen molar-refractivity contribution in [2.75, 3.05) is 30.8 Å². The van der Waals surface area contributed by atoms with Crippen LogP contribution in [0.2, 0.25) is 0 Å². The summed E-state index contributed by atoms with van der Waals surface area (Å²) in [6, 6.07) is 21.0. The molecule has 0 bridgehead atoms. The average molecular weight is 526 g/mol. The highest BCUT2D eigenvalue weighted by Gasteiger charge is 2.22. The number of nitrogens with one attached hydrogen (secondary N) is 2. The molecule has 1 saturated heterocycles. The topological polar surface area (TPSA) is 126 Å². The van der Waals surface area contributed by atoms with Crippen molar-refractivity contribution in [1.29, 1.82) is 0 Å². The maximum Gasteiger partial charge on any atom is 0.276 e. The molecule has 3 amide bonds. The van der Waals surface area contributed by atoms with Crippen LogP contribution in [0.25, 0.3) is 5.69 Å². The Hall–Kier alpha value is -5.12. The first-order valence-corrected chi connectivity index (χ1v) is 12.5. The molecule has 10 nitrogen and oxygen atoms in total. The number of phenols is 1. The second-order valence-corrected chi connectivity index (χ2v) is 9.06. The quantitative estimate of drug-likeness (QED) is 0.309. The Kier molecular flexibility index (Phi) is 7.26. The Balaban J connectivity index is 1.39. The van der Waals surface area contributed by atoms with Gasteiger partial charge in [-0.3, -0.25) is 14.4 Å². The van der Waals surface area contributed by atoms with Crippen molar-refractivity contribution >= 4 is 29.1 Å². The van der Waals surface area contributed by atoms with E-state index in [2.05, 4.69) is 15.7 Å². The second-order valence-electron chi connectivity index (χ2n) is 9.06. The van der Waals surface area contributed by atoms with E-state index in [1.165, 1.54) is 22.9 Å². The number of hydrogen-bond acceptors (Lipinski definition) is 6. The molecule has 3 N–H and O–H groups in total. The van der Waals surface area contributed by atoms with E-state index in [0.29, 0.717) is 28.4 Å². The lowest BCUT2D eigenvalue weighted by Gasteiger charge is -2.15. The van der Waals surface area contributed by atoms with Crippen molar-refractivity contribution < 1.29 is 24.2 Å². The third-order valence-corrected chi connectivity index (χ3v) is 6.40. The van der Waals surface area contributed by atoms with Crippen molar-refractivity contribution in [2.45, 2.75) is 12.8 Å². The number of carbonyl (C=O) groups excluding carboxylic acids is 3. The van der Waals surface area contributed by atoms with Gasteiger partial charge in [-0.15, -0.1) is 0 Å². The first kappa shape index (κ1) is 25.5. The zero-order valence-corrected chi connectivity index (χ0v) is 21.3. The van der Waals surface area contributed by atoms with Crippen LogP contribution < -0.4 is 15.4 Å². The van der Waals surface area contributed by atoms with Gasteiger partial charge < -0.3 is 25.4 Å². The van der Waals surface area contributed by atoms with Gasteiger partial charge in [0.15, 0.2) is 5.69 Å². The zero-order valence-electron chi connectivity index (χ0n) is 21.3. The molecule has 0 atom stereocenters. The van der Waals surface area contributed by atoms with Crippen LogP contribution >= 0.6 is 0 Å². The van der Waals surface area contributed by atoms with E-state index in [4.69, 9.17) is 4.74 Å². The molecule has 0 aliphatic carbocycles. The largest absolute Gasteiger partial charge is 0.508 e. The average Bonchev–Trinajstić information content (AvgIpc) is 3.66. The number of anilines is 2. The lowest BCUT2D eigenvalue weighted by molar-refractivity contribution is 0.0792. The Morgan fingerprint density at radius 3 is 2.03 bits per heavy atom. The highest BCUT2D eigenvalue weighted by atomic mass is 16.5. The van der Waals surface area contributed by atoms with Crippen LogP contribution in [-0.4, -0.2) is 57.7 Å². The summed E-state index contributed by atoms with van der Waals surface area (Å²) in [5.41, 5.74) is 2.23. The van der Waals surface area contributed by atoms with Gasteiger partial charge in [0.05, 0.1) is 12.8 Å². The molecular weight excluding hydrogens is 498 g/mol. The molecule has 1 aliphatic heterocycles. The molecule has 198 valence electrons. The monoisotopic (exact) mass is 525 g/mol. The fourth-order valence-corrected chi connectivity index (χ4v) is 4.31. The lowest BCUT2D eigenvalue weighted by Crippen LogP contribution is -2.27. The Bertz CT molecular complexity index is 1490. The summed E-state index contributed by atoms with van der Waals surface area (Å²) in [7, 11) is 1.55. The fraction of sp³-hybridized carbons (Fsp3) is 0.172. The number of aromatic hydroxyl groups is 1. The van der Waals surface area contributed by atoms with Gasteiger partial charge in [0.2, 0.25) is 0 Å². The van der Waals surface area contributed by atoms with Gasteiger partial charge >= 0.3 is 0 Å². The van der Waals surface area contributed by atoms with Crippen LogP contribution in [0.5, 0.6) is 11.5 Å². The van der Waals surface area contributed by atoms with E-state index in [-0.39, 0.29) is 23.0 Å². The Morgan fingerprint density at radius 2 is 1.41 bits per heavy atom. The third-order valence-electron chi connectivity index (χ3n) is 6.40. The molecule has 4 aromatic rings. The number of ether oxygens (including phenoxy) is 1. The Morgan fingerprint density at radius 1 is 0.821 bits per heavy atom. The van der Waals surface area contributed by atoms with Crippen LogP contribution in [0.3, 0.4) is 0 Å². The minimum absolute atomic E-state index is 0.0211. The van der Waals surface area contributed by atoms with E-state index in [1.54, 1.807) is 67.8 Å². The number of rotatable bonds is 7. The van der Waals surface area contributed by atoms with Gasteiger partial charge in [0.25, 0.3) is 17.7 Å². The molecule has 2 heterocycles. The normalized spacial score (nSPS) is 12.7. The molecule has 1 aliphatic rings. The zero-order chi connectivity index (χ0) is 27.4. The summed E-state index contributed by atoms with van der Waals surface area (Å²) in [6.45, 7) is 1.52. The number of likely N-dealkylation sites (tertiary alicyclic amines) is 1. The van der Waals surface area contributed by atoms with E-state index in [0.717, 1.165) is 25.9 Å². The summed E-state index contributed by atoms with van der Waals surface area (Å²) in [5.74, 6) is -0.324.